The number of carbonyl (C=O) groups is 1. The largest absolute Gasteiger partial charge is 0.497 e. The lowest BCUT2D eigenvalue weighted by Crippen LogP contribution is -2.16. The molecule has 1 heterocycles. The Morgan fingerprint density at radius 1 is 0.781 bits per heavy atom. The van der Waals surface area contributed by atoms with Crippen LogP contribution in [0.4, 0.5) is 10.3 Å². The topological polar surface area (TPSA) is 73.3 Å². The SMILES string of the molecule is COc1ccc(-c2cc(-c3ccc(OC)cc3)nc(NC(=O)c3ccccc3F)n2)cc1. The number of carbonyl (C=O) groups excluding carboxylic acids is 1. The van der Waals surface area contributed by atoms with Gasteiger partial charge in [0, 0.05) is 11.1 Å². The maximum atomic E-state index is 14.0. The van der Waals surface area contributed by atoms with Crippen molar-refractivity contribution in [1.29, 1.82) is 0 Å². The van der Waals surface area contributed by atoms with Gasteiger partial charge in [-0.1, -0.05) is 12.1 Å². The smallest absolute Gasteiger partial charge is 0.260 e. The monoisotopic (exact) mass is 429 g/mol. The minimum atomic E-state index is -0.629. The van der Waals surface area contributed by atoms with Crippen LogP contribution in [0.1, 0.15) is 10.4 Å². The number of amides is 1. The van der Waals surface area contributed by atoms with E-state index >= 15 is 0 Å². The molecule has 6 nitrogen and oxygen atoms in total. The van der Waals surface area contributed by atoms with E-state index in [2.05, 4.69) is 15.3 Å². The van der Waals surface area contributed by atoms with Crippen molar-refractivity contribution in [1.82, 2.24) is 9.97 Å². The third-order valence-electron chi connectivity index (χ3n) is 4.84. The molecule has 0 aliphatic rings. The van der Waals surface area contributed by atoms with Crippen molar-refractivity contribution >= 4 is 11.9 Å². The predicted octanol–water partition coefficient (Wildman–Crippen LogP) is 5.22. The van der Waals surface area contributed by atoms with Gasteiger partial charge in [0.15, 0.2) is 0 Å². The molecule has 0 radical (unpaired) electrons. The molecule has 32 heavy (non-hydrogen) atoms. The summed E-state index contributed by atoms with van der Waals surface area (Å²) in [6.07, 6.45) is 0. The number of benzene rings is 3. The quantitative estimate of drug-likeness (QED) is 0.455. The first kappa shape index (κ1) is 21.0. The fourth-order valence-corrected chi connectivity index (χ4v) is 3.14. The van der Waals surface area contributed by atoms with Crippen molar-refractivity contribution in [2.75, 3.05) is 19.5 Å². The highest BCUT2D eigenvalue weighted by Crippen LogP contribution is 2.28. The summed E-state index contributed by atoms with van der Waals surface area (Å²) in [5, 5.41) is 2.61. The Morgan fingerprint density at radius 3 is 1.75 bits per heavy atom. The lowest BCUT2D eigenvalue weighted by molar-refractivity contribution is 0.102. The van der Waals surface area contributed by atoms with Gasteiger partial charge in [-0.15, -0.1) is 0 Å². The number of anilines is 1. The third kappa shape index (κ3) is 4.57. The highest BCUT2D eigenvalue weighted by atomic mass is 19.1. The number of hydrogen-bond donors (Lipinski definition) is 1. The number of rotatable bonds is 6. The average Bonchev–Trinajstić information content (AvgIpc) is 2.84. The first-order chi connectivity index (χ1) is 15.6. The maximum absolute atomic E-state index is 14.0. The van der Waals surface area contributed by atoms with E-state index in [0.717, 1.165) is 11.1 Å². The van der Waals surface area contributed by atoms with Gasteiger partial charge < -0.3 is 9.47 Å². The van der Waals surface area contributed by atoms with Gasteiger partial charge in [0.2, 0.25) is 5.95 Å². The Kier molecular flexibility index (Phi) is 6.07. The summed E-state index contributed by atoms with van der Waals surface area (Å²) in [6.45, 7) is 0. The van der Waals surface area contributed by atoms with Crippen LogP contribution < -0.4 is 14.8 Å². The molecule has 1 aromatic heterocycles. The second kappa shape index (κ2) is 9.26. The zero-order chi connectivity index (χ0) is 22.5. The van der Waals surface area contributed by atoms with Gasteiger partial charge in [0.25, 0.3) is 5.91 Å². The van der Waals surface area contributed by atoms with Gasteiger partial charge in [-0.3, -0.25) is 10.1 Å². The summed E-state index contributed by atoms with van der Waals surface area (Å²) < 4.78 is 24.5. The van der Waals surface area contributed by atoms with E-state index in [-0.39, 0.29) is 11.5 Å². The second-order valence-corrected chi connectivity index (χ2v) is 6.85. The van der Waals surface area contributed by atoms with E-state index in [1.165, 1.54) is 18.2 Å². The average molecular weight is 429 g/mol. The summed E-state index contributed by atoms with van der Waals surface area (Å²) >= 11 is 0. The van der Waals surface area contributed by atoms with E-state index in [1.807, 2.05) is 54.6 Å². The van der Waals surface area contributed by atoms with Crippen LogP contribution in [0.3, 0.4) is 0 Å². The molecule has 0 aliphatic carbocycles. The number of hydrogen-bond acceptors (Lipinski definition) is 5. The lowest BCUT2D eigenvalue weighted by atomic mass is 10.1. The summed E-state index contributed by atoms with van der Waals surface area (Å²) in [5.41, 5.74) is 2.72. The number of nitrogens with zero attached hydrogens (tertiary/aromatic N) is 2. The van der Waals surface area contributed by atoms with Crippen LogP contribution in [0.25, 0.3) is 22.5 Å². The van der Waals surface area contributed by atoms with Crippen molar-refractivity contribution in [3.8, 4) is 34.0 Å². The second-order valence-electron chi connectivity index (χ2n) is 6.85. The van der Waals surface area contributed by atoms with Crippen molar-refractivity contribution < 1.29 is 18.7 Å². The third-order valence-corrected chi connectivity index (χ3v) is 4.84. The van der Waals surface area contributed by atoms with Gasteiger partial charge in [-0.25, -0.2) is 14.4 Å². The Bertz CT molecular complexity index is 1180. The first-order valence-corrected chi connectivity index (χ1v) is 9.81. The number of aromatic nitrogens is 2. The molecule has 0 spiro atoms. The summed E-state index contributed by atoms with van der Waals surface area (Å²) in [4.78, 5) is 21.6. The summed E-state index contributed by atoms with van der Waals surface area (Å²) in [7, 11) is 3.19. The van der Waals surface area contributed by atoms with Crippen LogP contribution in [0.15, 0.2) is 78.9 Å². The van der Waals surface area contributed by atoms with Gasteiger partial charge in [0.1, 0.15) is 17.3 Å². The van der Waals surface area contributed by atoms with Crippen molar-refractivity contribution in [2.24, 2.45) is 0 Å². The molecule has 1 amide bonds. The van der Waals surface area contributed by atoms with Gasteiger partial charge >= 0.3 is 0 Å². The highest BCUT2D eigenvalue weighted by molar-refractivity contribution is 6.03. The van der Waals surface area contributed by atoms with Crippen LogP contribution in [-0.4, -0.2) is 30.1 Å². The number of ether oxygens (including phenoxy) is 2. The molecule has 0 aliphatic heterocycles. The number of halogens is 1. The Balaban J connectivity index is 1.75. The zero-order valence-electron chi connectivity index (χ0n) is 17.5. The molecule has 0 atom stereocenters. The molecule has 0 saturated heterocycles. The molecular weight excluding hydrogens is 409 g/mol. The fraction of sp³-hybridized carbons (Fsp3) is 0.0800. The Morgan fingerprint density at radius 2 is 1.28 bits per heavy atom. The molecule has 4 rings (SSSR count). The van der Waals surface area contributed by atoms with Crippen molar-refractivity contribution in [3.05, 3.63) is 90.2 Å². The number of nitrogens with one attached hydrogen (secondary N) is 1. The minimum absolute atomic E-state index is 0.0670. The summed E-state index contributed by atoms with van der Waals surface area (Å²) in [5.74, 6) is 0.247. The van der Waals surface area contributed by atoms with Crippen molar-refractivity contribution in [3.63, 3.8) is 0 Å². The normalized spacial score (nSPS) is 10.5. The van der Waals surface area contributed by atoms with E-state index in [4.69, 9.17) is 9.47 Å². The maximum Gasteiger partial charge on any atom is 0.260 e. The van der Waals surface area contributed by atoms with Crippen LogP contribution in [0.5, 0.6) is 11.5 Å². The van der Waals surface area contributed by atoms with E-state index < -0.39 is 11.7 Å². The van der Waals surface area contributed by atoms with E-state index in [0.29, 0.717) is 22.9 Å². The predicted molar refractivity (Wildman–Crippen MR) is 120 cm³/mol. The molecular formula is C25H20FN3O3. The van der Waals surface area contributed by atoms with E-state index in [1.54, 1.807) is 20.3 Å². The lowest BCUT2D eigenvalue weighted by Gasteiger charge is -2.11. The van der Waals surface area contributed by atoms with Crippen LogP contribution in [-0.2, 0) is 0 Å². The van der Waals surface area contributed by atoms with E-state index in [9.17, 15) is 9.18 Å². The minimum Gasteiger partial charge on any atom is -0.497 e. The Labute approximate surface area is 184 Å². The molecule has 0 bridgehead atoms. The molecule has 0 unspecified atom stereocenters. The standard InChI is InChI=1S/C25H20FN3O3/c1-31-18-11-7-16(8-12-18)22-15-23(17-9-13-19(32-2)14-10-17)28-25(27-22)29-24(30)20-5-3-4-6-21(20)26/h3-15H,1-2H3,(H,27,28,29,30). The molecule has 7 heteroatoms. The zero-order valence-corrected chi connectivity index (χ0v) is 17.5. The van der Waals surface area contributed by atoms with Gasteiger partial charge in [0.05, 0.1) is 31.2 Å². The van der Waals surface area contributed by atoms with Crippen LogP contribution >= 0.6 is 0 Å². The molecule has 1 N–H and O–H groups in total. The molecule has 0 fully saturated rings. The first-order valence-electron chi connectivity index (χ1n) is 9.81. The van der Waals surface area contributed by atoms with Gasteiger partial charge in [-0.05, 0) is 66.7 Å². The van der Waals surface area contributed by atoms with Crippen LogP contribution in [0.2, 0.25) is 0 Å². The number of methoxy groups -OCH3 is 2. The van der Waals surface area contributed by atoms with Crippen molar-refractivity contribution in [2.45, 2.75) is 0 Å². The van der Waals surface area contributed by atoms with Crippen LogP contribution in [0, 0.1) is 5.82 Å². The Hall–Kier alpha value is -4.26. The molecule has 4 aromatic rings. The fourth-order valence-electron chi connectivity index (χ4n) is 3.14. The highest BCUT2D eigenvalue weighted by Gasteiger charge is 2.15. The molecule has 3 aromatic carbocycles. The summed E-state index contributed by atoms with van der Waals surface area (Å²) in [6, 6.07) is 22.3. The molecule has 0 saturated carbocycles. The van der Waals surface area contributed by atoms with Gasteiger partial charge in [-0.2, -0.15) is 0 Å². The molecule has 160 valence electrons.